The van der Waals surface area contributed by atoms with E-state index in [1.165, 1.54) is 53.7 Å². The van der Waals surface area contributed by atoms with Gasteiger partial charge in [-0.05, 0) is 17.7 Å². The average molecular weight is 417 g/mol. The second-order valence-electron chi connectivity index (χ2n) is 6.48. The number of nitrogens with one attached hydrogen (secondary N) is 1. The van der Waals surface area contributed by atoms with Crippen LogP contribution in [0.3, 0.4) is 0 Å². The number of hydrogen-bond acceptors (Lipinski definition) is 9. The van der Waals surface area contributed by atoms with Gasteiger partial charge >= 0.3 is 5.69 Å². The van der Waals surface area contributed by atoms with E-state index in [0.717, 1.165) is 4.57 Å². The number of aliphatic hydroxyl groups excluding tert-OH is 2. The monoisotopic (exact) mass is 417 g/mol. The van der Waals surface area contributed by atoms with Crippen LogP contribution in [-0.2, 0) is 20.6 Å². The molecular weight excluding hydrogens is 398 g/mol. The Kier molecular flexibility index (Phi) is 5.75. The fraction of sp³-hybridized carbons (Fsp3) is 0.294. The summed E-state index contributed by atoms with van der Waals surface area (Å²) < 4.78 is 3.42. The summed E-state index contributed by atoms with van der Waals surface area (Å²) in [4.78, 5) is 39.2. The van der Waals surface area contributed by atoms with Crippen LogP contribution in [0, 0.1) is 10.1 Å². The quantitative estimate of drug-likeness (QED) is 0.253. The van der Waals surface area contributed by atoms with Gasteiger partial charge in [0, 0.05) is 26.2 Å². The molecule has 13 heteroatoms. The number of anilines is 1. The maximum absolute atomic E-state index is 12.6. The van der Waals surface area contributed by atoms with Gasteiger partial charge in [-0.15, -0.1) is 0 Å². The number of aliphatic hydroxyl groups is 2. The highest BCUT2D eigenvalue weighted by Crippen LogP contribution is 2.16. The molecule has 13 nitrogen and oxygen atoms in total. The summed E-state index contributed by atoms with van der Waals surface area (Å²) in [6.45, 7) is -0.715. The number of nitrogens with zero attached hydrogens (tertiary/aromatic N) is 6. The predicted octanol–water partition coefficient (Wildman–Crippen LogP) is -0.859. The third-order valence-corrected chi connectivity index (χ3v) is 4.43. The van der Waals surface area contributed by atoms with Crippen LogP contribution in [0.15, 0.2) is 39.0 Å². The molecule has 0 aliphatic heterocycles. The number of fused-ring (bicyclic) bond motifs is 1. The molecule has 3 N–H and O–H groups in total. The highest BCUT2D eigenvalue weighted by molar-refractivity contribution is 5.81. The van der Waals surface area contributed by atoms with Crippen molar-refractivity contribution >= 4 is 29.0 Å². The number of hydrogen-bond donors (Lipinski definition) is 3. The molecule has 3 aromatic rings. The molecule has 30 heavy (non-hydrogen) atoms. The van der Waals surface area contributed by atoms with Crippen LogP contribution in [-0.4, -0.2) is 52.7 Å². The van der Waals surface area contributed by atoms with Gasteiger partial charge in [0.15, 0.2) is 11.2 Å². The minimum Gasteiger partial charge on any atom is -0.394 e. The third kappa shape index (κ3) is 3.83. The Morgan fingerprint density at radius 1 is 1.27 bits per heavy atom. The number of aromatic nitrogens is 4. The molecule has 0 fully saturated rings. The molecule has 0 spiro atoms. The second-order valence-corrected chi connectivity index (χ2v) is 6.48. The van der Waals surface area contributed by atoms with Crippen LogP contribution in [0.25, 0.3) is 11.2 Å². The summed E-state index contributed by atoms with van der Waals surface area (Å²) in [5.41, 5.74) is 2.11. The molecule has 3 rings (SSSR count). The maximum atomic E-state index is 12.6. The first kappa shape index (κ1) is 20.9. The lowest BCUT2D eigenvalue weighted by atomic mass is 10.2. The lowest BCUT2D eigenvalue weighted by Crippen LogP contribution is -2.38. The van der Waals surface area contributed by atoms with Crippen LogP contribution in [0.1, 0.15) is 5.56 Å². The van der Waals surface area contributed by atoms with Gasteiger partial charge in [0.2, 0.25) is 5.95 Å². The number of nitro groups is 1. The molecule has 0 aliphatic rings. The molecule has 0 saturated heterocycles. The third-order valence-electron chi connectivity index (χ3n) is 4.43. The number of benzene rings is 1. The van der Waals surface area contributed by atoms with Crippen LogP contribution in [0.4, 0.5) is 11.6 Å². The molecular formula is C17H19N7O6. The second kappa shape index (κ2) is 8.26. The Morgan fingerprint density at radius 3 is 2.53 bits per heavy atom. The van der Waals surface area contributed by atoms with Gasteiger partial charge in [-0.25, -0.2) is 10.2 Å². The van der Waals surface area contributed by atoms with Crippen molar-refractivity contribution < 1.29 is 15.1 Å². The van der Waals surface area contributed by atoms with Gasteiger partial charge in [-0.2, -0.15) is 10.1 Å². The van der Waals surface area contributed by atoms with E-state index in [0.29, 0.717) is 5.56 Å². The van der Waals surface area contributed by atoms with Crippen LogP contribution >= 0.6 is 0 Å². The van der Waals surface area contributed by atoms with E-state index >= 15 is 0 Å². The molecule has 0 bridgehead atoms. The van der Waals surface area contributed by atoms with Crippen LogP contribution in [0.5, 0.6) is 0 Å². The van der Waals surface area contributed by atoms with Crippen molar-refractivity contribution in [1.82, 2.24) is 18.7 Å². The minimum atomic E-state index is -1.18. The van der Waals surface area contributed by atoms with E-state index in [1.54, 1.807) is 0 Å². The summed E-state index contributed by atoms with van der Waals surface area (Å²) in [6.07, 6.45) is 0.205. The molecule has 1 aromatic carbocycles. The Balaban J connectivity index is 2.02. The topological polar surface area (TPSA) is 170 Å². The highest BCUT2D eigenvalue weighted by Gasteiger charge is 2.20. The van der Waals surface area contributed by atoms with Crippen molar-refractivity contribution in [2.45, 2.75) is 12.6 Å². The standard InChI is InChI=1S/C17H19N7O6/c1-21-14-13(15(27)22(2)17(21)28)23(8-12(26)9-25)16(19-14)20-18-7-10-3-5-11(6-4-10)24(29)30/h3-7,12,25-26H,8-9H2,1-2H3,(H,19,20). The first-order valence-electron chi connectivity index (χ1n) is 8.73. The summed E-state index contributed by atoms with van der Waals surface area (Å²) in [5.74, 6) is 0.0639. The van der Waals surface area contributed by atoms with Crippen LogP contribution in [0.2, 0.25) is 0 Å². The Labute approximate surface area is 168 Å². The smallest absolute Gasteiger partial charge is 0.332 e. The number of imidazole rings is 1. The fourth-order valence-corrected chi connectivity index (χ4v) is 2.82. The van der Waals surface area contributed by atoms with Gasteiger partial charge in [0.25, 0.3) is 11.2 Å². The molecule has 0 amide bonds. The Morgan fingerprint density at radius 2 is 1.93 bits per heavy atom. The van der Waals surface area contributed by atoms with E-state index in [4.69, 9.17) is 0 Å². The zero-order valence-electron chi connectivity index (χ0n) is 16.1. The number of rotatable bonds is 7. The van der Waals surface area contributed by atoms with Gasteiger partial charge in [0.05, 0.1) is 30.4 Å². The average Bonchev–Trinajstić information content (AvgIpc) is 3.09. The van der Waals surface area contributed by atoms with Gasteiger partial charge in [0.1, 0.15) is 0 Å². The van der Waals surface area contributed by atoms with Crippen molar-refractivity contribution in [3.63, 3.8) is 0 Å². The first-order valence-corrected chi connectivity index (χ1v) is 8.73. The van der Waals surface area contributed by atoms with Gasteiger partial charge in [-0.1, -0.05) is 0 Å². The molecule has 0 saturated carbocycles. The Hall–Kier alpha value is -3.84. The van der Waals surface area contributed by atoms with E-state index < -0.39 is 28.9 Å². The molecule has 0 aliphatic carbocycles. The number of aryl methyl sites for hydroxylation is 1. The number of hydrazone groups is 1. The summed E-state index contributed by atoms with van der Waals surface area (Å²) in [6, 6.07) is 5.66. The number of nitro benzene ring substituents is 1. The van der Waals surface area contributed by atoms with Crippen molar-refractivity contribution in [1.29, 1.82) is 0 Å². The molecule has 2 aromatic heterocycles. The van der Waals surface area contributed by atoms with Gasteiger partial charge < -0.3 is 14.8 Å². The molecule has 0 radical (unpaired) electrons. The summed E-state index contributed by atoms with van der Waals surface area (Å²) >= 11 is 0. The molecule has 158 valence electrons. The van der Waals surface area contributed by atoms with E-state index in [2.05, 4.69) is 15.5 Å². The molecule has 2 heterocycles. The number of non-ortho nitro benzene ring substituents is 1. The predicted molar refractivity (Wildman–Crippen MR) is 108 cm³/mol. The SMILES string of the molecule is Cn1c(=O)c2c(nc(NN=Cc3ccc([N+](=O)[O-])cc3)n2CC(O)CO)n(C)c1=O. The lowest BCUT2D eigenvalue weighted by molar-refractivity contribution is -0.384. The largest absolute Gasteiger partial charge is 0.394 e. The van der Waals surface area contributed by atoms with Crippen molar-refractivity contribution in [2.24, 2.45) is 19.2 Å². The fourth-order valence-electron chi connectivity index (χ4n) is 2.82. The lowest BCUT2D eigenvalue weighted by Gasteiger charge is -2.12. The van der Waals surface area contributed by atoms with Crippen molar-refractivity contribution in [3.05, 3.63) is 60.8 Å². The first-order chi connectivity index (χ1) is 14.2. The zero-order valence-corrected chi connectivity index (χ0v) is 16.1. The van der Waals surface area contributed by atoms with E-state index in [1.807, 2.05) is 0 Å². The van der Waals surface area contributed by atoms with Crippen molar-refractivity contribution in [3.8, 4) is 0 Å². The Bertz CT molecular complexity index is 1240. The summed E-state index contributed by atoms with van der Waals surface area (Å²) in [7, 11) is 2.78. The molecule has 1 atom stereocenters. The van der Waals surface area contributed by atoms with Crippen molar-refractivity contribution in [2.75, 3.05) is 12.0 Å². The van der Waals surface area contributed by atoms with E-state index in [-0.39, 0.29) is 29.3 Å². The zero-order chi connectivity index (χ0) is 22.0. The minimum absolute atomic E-state index is 0.0557. The summed E-state index contributed by atoms with van der Waals surface area (Å²) in [5, 5.41) is 33.8. The normalized spacial score (nSPS) is 12.5. The molecule has 1 unspecified atom stereocenters. The van der Waals surface area contributed by atoms with Crippen LogP contribution < -0.4 is 16.7 Å². The van der Waals surface area contributed by atoms with E-state index in [9.17, 15) is 29.9 Å². The maximum Gasteiger partial charge on any atom is 0.332 e. The highest BCUT2D eigenvalue weighted by atomic mass is 16.6. The van der Waals surface area contributed by atoms with Gasteiger partial charge in [-0.3, -0.25) is 24.0 Å².